The number of carboxylic acids is 1. The maximum Gasteiger partial charge on any atom is 0.346 e. The molecule has 0 aliphatic heterocycles. The molecule has 0 saturated heterocycles. The van der Waals surface area contributed by atoms with Gasteiger partial charge in [0.05, 0.1) is 0 Å². The van der Waals surface area contributed by atoms with Crippen LogP contribution < -0.4 is 0 Å². The molecular formula is C15H17NO4S2. The summed E-state index contributed by atoms with van der Waals surface area (Å²) in [5, 5.41) is 9.08. The first-order chi connectivity index (χ1) is 10.4. The molecule has 7 heteroatoms. The first-order valence-corrected chi connectivity index (χ1v) is 8.99. The number of aromatic carboxylic acids is 1. The van der Waals surface area contributed by atoms with Gasteiger partial charge in [0.15, 0.2) is 0 Å². The second-order valence-corrected chi connectivity index (χ2v) is 8.02. The summed E-state index contributed by atoms with van der Waals surface area (Å²) in [5.41, 5.74) is 1.35. The summed E-state index contributed by atoms with van der Waals surface area (Å²) >= 11 is 0.800. The molecule has 5 nitrogen and oxygen atoms in total. The third-order valence-electron chi connectivity index (χ3n) is 3.24. The van der Waals surface area contributed by atoms with Crippen LogP contribution >= 0.6 is 11.3 Å². The summed E-state index contributed by atoms with van der Waals surface area (Å²) in [6, 6.07) is 10.7. The Balaban J connectivity index is 2.35. The summed E-state index contributed by atoms with van der Waals surface area (Å²) in [4.78, 5) is 11.2. The molecule has 0 saturated carbocycles. The third kappa shape index (κ3) is 3.37. The van der Waals surface area contributed by atoms with Crippen molar-refractivity contribution in [1.82, 2.24) is 4.31 Å². The molecule has 22 heavy (non-hydrogen) atoms. The van der Waals surface area contributed by atoms with Crippen LogP contribution in [0, 0.1) is 6.92 Å². The number of aryl methyl sites for hydroxylation is 1. The van der Waals surface area contributed by atoms with Gasteiger partial charge in [0.2, 0.25) is 0 Å². The lowest BCUT2D eigenvalue weighted by Gasteiger charge is -2.19. The highest BCUT2D eigenvalue weighted by Crippen LogP contribution is 2.29. The maximum absolute atomic E-state index is 12.7. The topological polar surface area (TPSA) is 74.7 Å². The van der Waals surface area contributed by atoms with Crippen molar-refractivity contribution < 1.29 is 18.3 Å². The Morgan fingerprint density at radius 3 is 2.41 bits per heavy atom. The minimum Gasteiger partial charge on any atom is -0.477 e. The molecular weight excluding hydrogens is 322 g/mol. The average Bonchev–Trinajstić information content (AvgIpc) is 2.88. The lowest BCUT2D eigenvalue weighted by atomic mass is 10.2. The first-order valence-electron chi connectivity index (χ1n) is 6.74. The highest BCUT2D eigenvalue weighted by molar-refractivity contribution is 7.91. The van der Waals surface area contributed by atoms with Gasteiger partial charge in [0.25, 0.3) is 10.0 Å². The van der Waals surface area contributed by atoms with E-state index >= 15 is 0 Å². The monoisotopic (exact) mass is 339 g/mol. The van der Waals surface area contributed by atoms with Crippen LogP contribution in [0.2, 0.25) is 0 Å². The predicted octanol–water partition coefficient (Wildman–Crippen LogP) is 2.97. The van der Waals surface area contributed by atoms with Gasteiger partial charge < -0.3 is 5.11 Å². The van der Waals surface area contributed by atoms with Crippen LogP contribution in [0.5, 0.6) is 0 Å². The van der Waals surface area contributed by atoms with E-state index in [-0.39, 0.29) is 15.6 Å². The van der Waals surface area contributed by atoms with Crippen LogP contribution in [0.1, 0.15) is 27.7 Å². The molecule has 1 aromatic carbocycles. The van der Waals surface area contributed by atoms with Gasteiger partial charge in [-0.1, -0.05) is 37.3 Å². The minimum atomic E-state index is -3.70. The summed E-state index contributed by atoms with van der Waals surface area (Å²) in [5.74, 6) is -1.10. The predicted molar refractivity (Wildman–Crippen MR) is 85.7 cm³/mol. The number of sulfonamides is 1. The summed E-state index contributed by atoms with van der Waals surface area (Å²) in [6.45, 7) is 3.95. The van der Waals surface area contributed by atoms with E-state index in [9.17, 15) is 13.2 Å². The lowest BCUT2D eigenvalue weighted by Crippen LogP contribution is -2.29. The van der Waals surface area contributed by atoms with Gasteiger partial charge >= 0.3 is 5.97 Å². The number of carboxylic acid groups (broad SMARTS) is 1. The highest BCUT2D eigenvalue weighted by Gasteiger charge is 2.27. The van der Waals surface area contributed by atoms with E-state index in [1.54, 1.807) is 13.8 Å². The summed E-state index contributed by atoms with van der Waals surface area (Å²) in [6.07, 6.45) is 0. The Bertz CT molecular complexity index is 766. The molecule has 0 amide bonds. The maximum atomic E-state index is 12.7. The summed E-state index contributed by atoms with van der Waals surface area (Å²) in [7, 11) is -3.70. The fourth-order valence-corrected chi connectivity index (χ4v) is 5.04. The number of hydrogen-bond acceptors (Lipinski definition) is 4. The summed E-state index contributed by atoms with van der Waals surface area (Å²) < 4.78 is 26.8. The van der Waals surface area contributed by atoms with Crippen molar-refractivity contribution in [2.45, 2.75) is 24.6 Å². The van der Waals surface area contributed by atoms with Gasteiger partial charge in [-0.3, -0.25) is 0 Å². The fourth-order valence-electron chi connectivity index (χ4n) is 2.07. The quantitative estimate of drug-likeness (QED) is 0.878. The van der Waals surface area contributed by atoms with Crippen molar-refractivity contribution in [3.05, 3.63) is 52.4 Å². The molecule has 2 aromatic rings. The Morgan fingerprint density at radius 2 is 1.91 bits per heavy atom. The van der Waals surface area contributed by atoms with Gasteiger partial charge in [0, 0.05) is 13.1 Å². The standard InChI is InChI=1S/C15H17NO4S2/c1-3-16(10-12-7-5-4-6-8-12)22(19,20)13-9-11(2)14(21-13)15(17)18/h4-9H,3,10H2,1-2H3,(H,17,18). The second-order valence-electron chi connectivity index (χ2n) is 4.80. The van der Waals surface area contributed by atoms with E-state index in [1.807, 2.05) is 30.3 Å². The third-order valence-corrected chi connectivity index (χ3v) is 6.83. The molecule has 0 aliphatic rings. The van der Waals surface area contributed by atoms with Gasteiger partial charge in [-0.2, -0.15) is 4.31 Å². The fraction of sp³-hybridized carbons (Fsp3) is 0.267. The van der Waals surface area contributed by atoms with Crippen molar-refractivity contribution in [3.8, 4) is 0 Å². The molecule has 2 rings (SSSR count). The number of thiophene rings is 1. The molecule has 0 bridgehead atoms. The van der Waals surface area contributed by atoms with E-state index in [2.05, 4.69) is 0 Å². The van der Waals surface area contributed by atoms with E-state index in [4.69, 9.17) is 5.11 Å². The Morgan fingerprint density at radius 1 is 1.27 bits per heavy atom. The van der Waals surface area contributed by atoms with Crippen LogP contribution in [0.4, 0.5) is 0 Å². The SMILES string of the molecule is CCN(Cc1ccccc1)S(=O)(=O)c1cc(C)c(C(=O)O)s1. The zero-order valence-corrected chi connectivity index (χ0v) is 13.9. The van der Waals surface area contributed by atoms with E-state index in [0.717, 1.165) is 16.9 Å². The van der Waals surface area contributed by atoms with E-state index in [0.29, 0.717) is 12.1 Å². The Labute approximate surface area is 133 Å². The number of carbonyl (C=O) groups is 1. The molecule has 1 heterocycles. The van der Waals surface area contributed by atoms with Gasteiger partial charge in [0.1, 0.15) is 9.09 Å². The van der Waals surface area contributed by atoms with Crippen molar-refractivity contribution in [2.75, 3.05) is 6.54 Å². The highest BCUT2D eigenvalue weighted by atomic mass is 32.2. The van der Waals surface area contributed by atoms with E-state index in [1.165, 1.54) is 10.4 Å². The van der Waals surface area contributed by atoms with Gasteiger partial charge in [-0.15, -0.1) is 11.3 Å². The average molecular weight is 339 g/mol. The molecule has 0 atom stereocenters. The number of rotatable bonds is 6. The van der Waals surface area contributed by atoms with Crippen LogP contribution in [0.25, 0.3) is 0 Å². The number of nitrogens with zero attached hydrogens (tertiary/aromatic N) is 1. The molecule has 118 valence electrons. The lowest BCUT2D eigenvalue weighted by molar-refractivity contribution is 0.0701. The number of benzene rings is 1. The van der Waals surface area contributed by atoms with Crippen LogP contribution in [0.3, 0.4) is 0 Å². The van der Waals surface area contributed by atoms with Crippen molar-refractivity contribution in [1.29, 1.82) is 0 Å². The Kier molecular flexibility index (Phi) is 5.00. The molecule has 1 N–H and O–H groups in total. The van der Waals surface area contributed by atoms with Gasteiger partial charge in [-0.25, -0.2) is 13.2 Å². The number of hydrogen-bond donors (Lipinski definition) is 1. The normalized spacial score (nSPS) is 11.8. The Hall–Kier alpha value is -1.70. The van der Waals surface area contributed by atoms with E-state index < -0.39 is 16.0 Å². The van der Waals surface area contributed by atoms with Gasteiger partial charge in [-0.05, 0) is 24.1 Å². The molecule has 0 radical (unpaired) electrons. The zero-order chi connectivity index (χ0) is 16.3. The molecule has 0 spiro atoms. The van der Waals surface area contributed by atoms with Crippen molar-refractivity contribution in [3.63, 3.8) is 0 Å². The van der Waals surface area contributed by atoms with Crippen LogP contribution in [-0.4, -0.2) is 30.3 Å². The molecule has 0 aliphatic carbocycles. The zero-order valence-electron chi connectivity index (χ0n) is 12.3. The van der Waals surface area contributed by atoms with Crippen LogP contribution in [-0.2, 0) is 16.6 Å². The molecule has 0 unspecified atom stereocenters. The van der Waals surface area contributed by atoms with Crippen LogP contribution in [0.15, 0.2) is 40.6 Å². The second kappa shape index (κ2) is 6.60. The first kappa shape index (κ1) is 16.7. The van der Waals surface area contributed by atoms with Crippen molar-refractivity contribution in [2.24, 2.45) is 0 Å². The molecule has 1 aromatic heterocycles. The smallest absolute Gasteiger partial charge is 0.346 e. The largest absolute Gasteiger partial charge is 0.477 e. The van der Waals surface area contributed by atoms with Crippen molar-refractivity contribution >= 4 is 27.3 Å². The molecule has 0 fully saturated rings. The minimum absolute atomic E-state index is 0.0642.